The van der Waals surface area contributed by atoms with E-state index < -0.39 is 0 Å². The first-order valence-corrected chi connectivity index (χ1v) is 8.78. The van der Waals surface area contributed by atoms with E-state index in [9.17, 15) is 9.59 Å². The van der Waals surface area contributed by atoms with Gasteiger partial charge < -0.3 is 15.4 Å². The lowest BCUT2D eigenvalue weighted by Crippen LogP contribution is -2.30. The van der Waals surface area contributed by atoms with Gasteiger partial charge in [-0.1, -0.05) is 0 Å². The minimum atomic E-state index is -0.214. The highest BCUT2D eigenvalue weighted by molar-refractivity contribution is 7.09. The number of ether oxygens (including phenoxy) is 1. The summed E-state index contributed by atoms with van der Waals surface area (Å²) in [7, 11) is 0. The van der Waals surface area contributed by atoms with Crippen LogP contribution < -0.4 is 15.4 Å². The van der Waals surface area contributed by atoms with Gasteiger partial charge in [-0.3, -0.25) is 9.59 Å². The number of aromatic nitrogens is 1. The van der Waals surface area contributed by atoms with Gasteiger partial charge in [-0.05, 0) is 43.9 Å². The molecule has 124 valence electrons. The molecule has 0 bridgehead atoms. The minimum absolute atomic E-state index is 0.00565. The smallest absolute Gasteiger partial charge is 0.262 e. The highest BCUT2D eigenvalue weighted by Gasteiger charge is 2.35. The Hall–Kier alpha value is -2.41. The minimum Gasteiger partial charge on any atom is -0.482 e. The standard InChI is InChI=1S/C17H17N3O3S/c1-9-8-24-17(18-9)15(10-2-3-10)20-16(22)11-4-5-13-12(6-11)19-14(21)7-23-13/h4-6,8,10,15H,2-3,7H2,1H3,(H,19,21)(H,20,22). The summed E-state index contributed by atoms with van der Waals surface area (Å²) in [4.78, 5) is 28.6. The number of carbonyl (C=O) groups is 2. The Morgan fingerprint density at radius 2 is 2.29 bits per heavy atom. The van der Waals surface area contributed by atoms with Gasteiger partial charge >= 0.3 is 0 Å². The highest BCUT2D eigenvalue weighted by atomic mass is 32.1. The van der Waals surface area contributed by atoms with Crippen LogP contribution in [0.5, 0.6) is 5.75 Å². The Labute approximate surface area is 143 Å². The molecule has 2 amide bonds. The van der Waals surface area contributed by atoms with Gasteiger partial charge in [0.1, 0.15) is 10.8 Å². The molecule has 0 saturated heterocycles. The molecule has 0 radical (unpaired) electrons. The average Bonchev–Trinajstić information content (AvgIpc) is 3.32. The lowest BCUT2D eigenvalue weighted by molar-refractivity contribution is -0.118. The van der Waals surface area contributed by atoms with Gasteiger partial charge in [-0.25, -0.2) is 4.98 Å². The van der Waals surface area contributed by atoms with Crippen LogP contribution in [0.3, 0.4) is 0 Å². The molecular formula is C17H17N3O3S. The molecule has 4 rings (SSSR count). The van der Waals surface area contributed by atoms with Crippen LogP contribution in [0.15, 0.2) is 23.6 Å². The molecule has 1 fully saturated rings. The Kier molecular flexibility index (Phi) is 3.72. The number of anilines is 1. The molecular weight excluding hydrogens is 326 g/mol. The number of nitrogens with one attached hydrogen (secondary N) is 2. The topological polar surface area (TPSA) is 80.3 Å². The SMILES string of the molecule is Cc1csc(C(NC(=O)c2ccc3c(c2)NC(=O)CO3)C2CC2)n1. The zero-order valence-corrected chi connectivity index (χ0v) is 14.0. The first kappa shape index (κ1) is 15.1. The molecule has 1 aliphatic carbocycles. The molecule has 2 N–H and O–H groups in total. The number of hydrogen-bond donors (Lipinski definition) is 2. The van der Waals surface area contributed by atoms with Crippen molar-refractivity contribution in [2.45, 2.75) is 25.8 Å². The molecule has 1 aliphatic heterocycles. The monoisotopic (exact) mass is 343 g/mol. The first-order valence-electron chi connectivity index (χ1n) is 7.90. The third-order valence-electron chi connectivity index (χ3n) is 4.16. The third-order valence-corrected chi connectivity index (χ3v) is 5.20. The van der Waals surface area contributed by atoms with Crippen LogP contribution in [0.1, 0.15) is 39.9 Å². The molecule has 2 heterocycles. The fraction of sp³-hybridized carbons (Fsp3) is 0.353. The number of hydrogen-bond acceptors (Lipinski definition) is 5. The molecule has 24 heavy (non-hydrogen) atoms. The van der Waals surface area contributed by atoms with E-state index in [2.05, 4.69) is 15.6 Å². The fourth-order valence-electron chi connectivity index (χ4n) is 2.77. The molecule has 0 spiro atoms. The summed E-state index contributed by atoms with van der Waals surface area (Å²) in [6.45, 7) is 1.96. The van der Waals surface area contributed by atoms with E-state index in [1.165, 1.54) is 0 Å². The number of thiazole rings is 1. The number of carbonyl (C=O) groups excluding carboxylic acids is 2. The van der Waals surface area contributed by atoms with Crippen LogP contribution in [0.2, 0.25) is 0 Å². The summed E-state index contributed by atoms with van der Waals surface area (Å²) in [6, 6.07) is 5.03. The van der Waals surface area contributed by atoms with Crippen LogP contribution in [-0.4, -0.2) is 23.4 Å². The summed E-state index contributed by atoms with van der Waals surface area (Å²) >= 11 is 1.58. The lowest BCUT2D eigenvalue weighted by Gasteiger charge is -2.19. The Morgan fingerprint density at radius 1 is 1.46 bits per heavy atom. The largest absolute Gasteiger partial charge is 0.482 e. The van der Waals surface area contributed by atoms with E-state index in [1.807, 2.05) is 12.3 Å². The van der Waals surface area contributed by atoms with Gasteiger partial charge in [0.15, 0.2) is 6.61 Å². The van der Waals surface area contributed by atoms with Gasteiger partial charge in [0.25, 0.3) is 11.8 Å². The summed E-state index contributed by atoms with van der Waals surface area (Å²) in [6.07, 6.45) is 2.22. The van der Waals surface area contributed by atoms with E-state index in [1.54, 1.807) is 29.5 Å². The van der Waals surface area contributed by atoms with E-state index in [0.29, 0.717) is 22.9 Å². The Balaban J connectivity index is 1.55. The molecule has 1 aromatic heterocycles. The summed E-state index contributed by atoms with van der Waals surface area (Å²) in [5.74, 6) is 0.664. The van der Waals surface area contributed by atoms with E-state index in [-0.39, 0.29) is 24.5 Å². The average molecular weight is 343 g/mol. The van der Waals surface area contributed by atoms with Crippen molar-refractivity contribution in [1.29, 1.82) is 0 Å². The molecule has 2 aromatic rings. The molecule has 1 unspecified atom stereocenters. The van der Waals surface area contributed by atoms with Crippen molar-refractivity contribution < 1.29 is 14.3 Å². The van der Waals surface area contributed by atoms with Crippen molar-refractivity contribution in [3.05, 3.63) is 39.8 Å². The van der Waals surface area contributed by atoms with Gasteiger partial charge in [-0.2, -0.15) is 0 Å². The number of rotatable bonds is 4. The van der Waals surface area contributed by atoms with E-state index in [0.717, 1.165) is 23.5 Å². The van der Waals surface area contributed by atoms with Crippen LogP contribution in [-0.2, 0) is 4.79 Å². The number of nitrogens with zero attached hydrogens (tertiary/aromatic N) is 1. The second-order valence-corrected chi connectivity index (χ2v) is 7.05. The Bertz CT molecular complexity index is 813. The van der Waals surface area contributed by atoms with Crippen molar-refractivity contribution in [2.75, 3.05) is 11.9 Å². The molecule has 1 atom stereocenters. The van der Waals surface area contributed by atoms with Gasteiger partial charge in [0, 0.05) is 16.6 Å². The summed E-state index contributed by atoms with van der Waals surface area (Å²) in [5.41, 5.74) is 2.01. The van der Waals surface area contributed by atoms with Gasteiger partial charge in [0.05, 0.1) is 11.7 Å². The number of benzene rings is 1. The van der Waals surface area contributed by atoms with Crippen molar-refractivity contribution in [1.82, 2.24) is 10.3 Å². The van der Waals surface area contributed by atoms with E-state index in [4.69, 9.17) is 4.74 Å². The third kappa shape index (κ3) is 2.99. The quantitative estimate of drug-likeness (QED) is 0.894. The van der Waals surface area contributed by atoms with Crippen LogP contribution in [0.4, 0.5) is 5.69 Å². The van der Waals surface area contributed by atoms with Crippen LogP contribution >= 0.6 is 11.3 Å². The van der Waals surface area contributed by atoms with Gasteiger partial charge in [-0.15, -0.1) is 11.3 Å². The van der Waals surface area contributed by atoms with Crippen molar-refractivity contribution in [2.24, 2.45) is 5.92 Å². The number of amides is 2. The molecule has 7 heteroatoms. The molecule has 1 aromatic carbocycles. The second-order valence-electron chi connectivity index (χ2n) is 6.16. The van der Waals surface area contributed by atoms with Gasteiger partial charge in [0.2, 0.25) is 0 Å². The maximum atomic E-state index is 12.6. The van der Waals surface area contributed by atoms with E-state index >= 15 is 0 Å². The normalized spacial score (nSPS) is 17.5. The molecule has 1 saturated carbocycles. The van der Waals surface area contributed by atoms with Crippen LogP contribution in [0.25, 0.3) is 0 Å². The maximum Gasteiger partial charge on any atom is 0.262 e. The number of fused-ring (bicyclic) bond motifs is 1. The predicted molar refractivity (Wildman–Crippen MR) is 90.3 cm³/mol. The lowest BCUT2D eigenvalue weighted by atomic mass is 10.1. The maximum absolute atomic E-state index is 12.6. The Morgan fingerprint density at radius 3 is 3.00 bits per heavy atom. The fourth-order valence-corrected chi connectivity index (χ4v) is 3.71. The summed E-state index contributed by atoms with van der Waals surface area (Å²) < 4.78 is 5.32. The van der Waals surface area contributed by atoms with Crippen molar-refractivity contribution >= 4 is 28.8 Å². The summed E-state index contributed by atoms with van der Waals surface area (Å²) in [5, 5.41) is 8.78. The predicted octanol–water partition coefficient (Wildman–Crippen LogP) is 2.66. The zero-order valence-electron chi connectivity index (χ0n) is 13.2. The second kappa shape index (κ2) is 5.90. The molecule has 6 nitrogen and oxygen atoms in total. The van der Waals surface area contributed by atoms with Crippen molar-refractivity contribution in [3.63, 3.8) is 0 Å². The zero-order chi connectivity index (χ0) is 16.7. The van der Waals surface area contributed by atoms with Crippen molar-refractivity contribution in [3.8, 4) is 5.75 Å². The molecule has 2 aliphatic rings. The highest BCUT2D eigenvalue weighted by Crippen LogP contribution is 2.42. The number of aryl methyl sites for hydroxylation is 1. The van der Waals surface area contributed by atoms with Crippen LogP contribution in [0, 0.1) is 12.8 Å². The first-order chi connectivity index (χ1) is 11.6.